The Hall–Kier alpha value is -0.0262. The molecule has 2 radical (unpaired) electrons. The van der Waals surface area contributed by atoms with Crippen LogP contribution < -0.4 is 0 Å². The molecular formula is C56H94N2O2S6Si2. The summed E-state index contributed by atoms with van der Waals surface area (Å²) in [4.78, 5) is 10.3. The van der Waals surface area contributed by atoms with Crippen LogP contribution in [0.25, 0.3) is 20.4 Å². The van der Waals surface area contributed by atoms with Crippen molar-refractivity contribution in [3.05, 3.63) is 58.5 Å². The molecule has 0 bridgehead atoms. The predicted molar refractivity (Wildman–Crippen MR) is 320 cm³/mol. The number of fused-ring (bicyclic) bond motifs is 2. The van der Waals surface area contributed by atoms with Crippen molar-refractivity contribution < 1.29 is 9.47 Å². The zero-order valence-electron chi connectivity index (χ0n) is 43.7. The molecule has 0 fully saturated rings. The monoisotopic (exact) mass is 1070 g/mol. The van der Waals surface area contributed by atoms with Crippen LogP contribution in [0, 0.1) is 0 Å². The molecule has 0 amide bonds. The van der Waals surface area contributed by atoms with Gasteiger partial charge in [0.05, 0.1) is 48.0 Å². The fraction of sp³-hybridized carbons (Fsp3) is 0.750. The number of hydrogen-bond donors (Lipinski definition) is 0. The van der Waals surface area contributed by atoms with Crippen molar-refractivity contribution >= 4 is 102 Å². The lowest BCUT2D eigenvalue weighted by molar-refractivity contribution is 0.151. The zero-order valence-corrected chi connectivity index (χ0v) is 50.6. The molecule has 0 spiro atoms. The fourth-order valence-electron chi connectivity index (χ4n) is 9.56. The third-order valence-electron chi connectivity index (χ3n) is 13.9. The minimum atomic E-state index is -0.318. The number of aromatic nitrogens is 2. The molecule has 0 aliphatic carbocycles. The van der Waals surface area contributed by atoms with Gasteiger partial charge >= 0.3 is 0 Å². The predicted octanol–water partition coefficient (Wildman–Crippen LogP) is 20.8. The minimum absolute atomic E-state index is 0.318. The van der Waals surface area contributed by atoms with E-state index in [-0.39, 0.29) is 17.6 Å². The highest BCUT2D eigenvalue weighted by molar-refractivity contribution is 9.26. The van der Waals surface area contributed by atoms with E-state index in [1.54, 1.807) is 0 Å². The van der Waals surface area contributed by atoms with Gasteiger partial charge in [-0.2, -0.15) is 0 Å². The first-order valence-corrected chi connectivity index (χ1v) is 39.3. The standard InChI is InChI=1S/C56H94N2O2S6Si2/c1-59-53(67(3)4)43-31-27-23-19-15-11-7-9-13-17-21-25-29-37-47(55-57-49-39-33-35-41-51(49)63-55)45-61-65-66-62-46-48(56-58-50-40-34-36-42-52(50)64-56)38-30-26-22-18-14-10-8-12-16-20-24-28-32-44-54(60-2)68(5)6/h33-36,39-42,47-48,53-54H,7-32,37-38,43-46H2,1-6H3. The Morgan fingerprint density at radius 1 is 0.412 bits per heavy atom. The number of ether oxygens (including phenoxy) is 2. The van der Waals surface area contributed by atoms with E-state index in [1.165, 1.54) is 223 Å². The van der Waals surface area contributed by atoms with Gasteiger partial charge in [-0.25, -0.2) is 9.97 Å². The van der Waals surface area contributed by atoms with Crippen molar-refractivity contribution in [2.75, 3.05) is 25.7 Å². The van der Waals surface area contributed by atoms with Crippen LogP contribution in [0.5, 0.6) is 0 Å². The summed E-state index contributed by atoms with van der Waals surface area (Å²) in [6.07, 6.45) is 41.3. The second kappa shape index (κ2) is 39.4. The number of rotatable bonds is 45. The minimum Gasteiger partial charge on any atom is -0.385 e. The molecule has 384 valence electrons. The van der Waals surface area contributed by atoms with Crippen LogP contribution in [-0.2, 0) is 9.47 Å². The van der Waals surface area contributed by atoms with E-state index in [0.717, 1.165) is 11.5 Å². The Balaban J connectivity index is 1.06. The smallest absolute Gasteiger partial charge is 0.0978 e. The molecule has 12 heteroatoms. The van der Waals surface area contributed by atoms with Gasteiger partial charge in [0, 0.05) is 49.0 Å². The molecule has 2 heterocycles. The summed E-state index contributed by atoms with van der Waals surface area (Å²) in [6.45, 7) is 9.51. The van der Waals surface area contributed by atoms with Crippen LogP contribution >= 0.6 is 63.9 Å². The SMILES string of the molecule is COC(CCCCCCCCCCCCCCCC(CSSSSCC(CCCCCCCCCCCCCCCC(OC)[Si](C)C)c1nc2ccccc2s1)c1nc2ccccc2s1)[Si](C)C. The Bertz CT molecular complexity index is 1600. The third-order valence-corrected chi connectivity index (χ3v) is 26.5. The van der Waals surface area contributed by atoms with Crippen LogP contribution in [0.1, 0.15) is 214 Å². The van der Waals surface area contributed by atoms with Crippen LogP contribution in [0.4, 0.5) is 0 Å². The number of methoxy groups -OCH3 is 2. The summed E-state index contributed by atoms with van der Waals surface area (Å²) < 4.78 is 14.0. The van der Waals surface area contributed by atoms with Crippen molar-refractivity contribution in [2.45, 2.75) is 242 Å². The lowest BCUT2D eigenvalue weighted by Gasteiger charge is -2.17. The summed E-state index contributed by atoms with van der Waals surface area (Å²) >= 11 is 3.86. The van der Waals surface area contributed by atoms with Crippen LogP contribution in [0.2, 0.25) is 26.2 Å². The summed E-state index contributed by atoms with van der Waals surface area (Å²) in [7, 11) is 11.2. The highest BCUT2D eigenvalue weighted by atomic mass is 33.7. The first-order valence-electron chi connectivity index (χ1n) is 27.3. The van der Waals surface area contributed by atoms with Crippen molar-refractivity contribution in [1.29, 1.82) is 0 Å². The molecule has 0 N–H and O–H groups in total. The Kier molecular flexibility index (Phi) is 35.1. The average molecular weight is 1080 g/mol. The van der Waals surface area contributed by atoms with Gasteiger partial charge in [-0.15, -0.1) is 22.7 Å². The largest absolute Gasteiger partial charge is 0.385 e. The van der Waals surface area contributed by atoms with E-state index in [1.807, 2.05) is 56.5 Å². The Morgan fingerprint density at radius 3 is 0.971 bits per heavy atom. The lowest BCUT2D eigenvalue weighted by Crippen LogP contribution is -2.26. The number of para-hydroxylation sites is 2. The maximum Gasteiger partial charge on any atom is 0.0978 e. The maximum absolute atomic E-state index is 5.68. The van der Waals surface area contributed by atoms with E-state index in [9.17, 15) is 0 Å². The molecule has 2 aromatic carbocycles. The average Bonchev–Trinajstić information content (AvgIpc) is 3.98. The van der Waals surface area contributed by atoms with Crippen LogP contribution in [0.15, 0.2) is 48.5 Å². The lowest BCUT2D eigenvalue weighted by atomic mass is 10.0. The van der Waals surface area contributed by atoms with Crippen molar-refractivity contribution in [3.8, 4) is 0 Å². The van der Waals surface area contributed by atoms with Gasteiger partial charge in [0.2, 0.25) is 0 Å². The van der Waals surface area contributed by atoms with Crippen LogP contribution in [-0.4, -0.2) is 64.7 Å². The van der Waals surface area contributed by atoms with Gasteiger partial charge < -0.3 is 9.47 Å². The highest BCUT2D eigenvalue weighted by Gasteiger charge is 2.20. The quantitative estimate of drug-likeness (QED) is 0.0247. The van der Waals surface area contributed by atoms with Gasteiger partial charge in [0.1, 0.15) is 0 Å². The Labute approximate surface area is 444 Å². The first-order chi connectivity index (χ1) is 33.4. The van der Waals surface area contributed by atoms with E-state index >= 15 is 0 Å². The highest BCUT2D eigenvalue weighted by Crippen LogP contribution is 2.48. The van der Waals surface area contributed by atoms with E-state index in [4.69, 9.17) is 19.4 Å². The van der Waals surface area contributed by atoms with Crippen molar-refractivity contribution in [2.24, 2.45) is 0 Å². The number of nitrogens with zero attached hydrogens (tertiary/aromatic N) is 2. The molecule has 4 aromatic rings. The Morgan fingerprint density at radius 2 is 0.691 bits per heavy atom. The number of thiazole rings is 2. The second-order valence-electron chi connectivity index (χ2n) is 20.1. The molecule has 0 aliphatic rings. The third kappa shape index (κ3) is 26.3. The molecule has 0 aliphatic heterocycles. The molecule has 4 unspecified atom stereocenters. The first kappa shape index (κ1) is 60.5. The van der Waals surface area contributed by atoms with E-state index in [0.29, 0.717) is 23.3 Å². The molecule has 0 saturated carbocycles. The molecular weight excluding hydrogens is 981 g/mol. The molecule has 68 heavy (non-hydrogen) atoms. The molecule has 2 aromatic heterocycles. The van der Waals surface area contributed by atoms with Gasteiger partial charge in [0.25, 0.3) is 0 Å². The zero-order chi connectivity index (χ0) is 48.3. The second-order valence-corrected chi connectivity index (χ2v) is 33.9. The van der Waals surface area contributed by atoms with Crippen molar-refractivity contribution in [3.63, 3.8) is 0 Å². The molecule has 0 saturated heterocycles. The summed E-state index contributed by atoms with van der Waals surface area (Å²) in [5, 5.41) is 2.69. The van der Waals surface area contributed by atoms with Crippen molar-refractivity contribution in [1.82, 2.24) is 9.97 Å². The van der Waals surface area contributed by atoms with Gasteiger partial charge in [0.15, 0.2) is 0 Å². The maximum atomic E-state index is 5.68. The van der Waals surface area contributed by atoms with E-state index < -0.39 is 0 Å². The normalized spacial score (nSPS) is 13.9. The summed E-state index contributed by atoms with van der Waals surface area (Å²) in [6, 6.07) is 17.5. The summed E-state index contributed by atoms with van der Waals surface area (Å²) in [5.41, 5.74) is 3.43. The number of benzene rings is 2. The van der Waals surface area contributed by atoms with Gasteiger partial charge in [-0.1, -0.05) is 239 Å². The number of unbranched alkanes of at least 4 members (excludes halogenated alkanes) is 24. The molecule has 4 nitrogen and oxygen atoms in total. The van der Waals surface area contributed by atoms with Crippen LogP contribution in [0.3, 0.4) is 0 Å². The molecule has 4 rings (SSSR count). The fourth-order valence-corrected chi connectivity index (χ4v) is 21.0. The molecule has 4 atom stereocenters. The summed E-state index contributed by atoms with van der Waals surface area (Å²) in [5.74, 6) is 3.35. The van der Waals surface area contributed by atoms with Gasteiger partial charge in [-0.3, -0.25) is 0 Å². The van der Waals surface area contributed by atoms with E-state index in [2.05, 4.69) is 96.3 Å². The number of hydrogen-bond acceptors (Lipinski definition) is 10. The topological polar surface area (TPSA) is 44.2 Å². The van der Waals surface area contributed by atoms with Gasteiger partial charge in [-0.05, 0) is 69.6 Å².